The van der Waals surface area contributed by atoms with Crippen LogP contribution in [0, 0.1) is 11.3 Å². The summed E-state index contributed by atoms with van der Waals surface area (Å²) in [6, 6.07) is 14.7. The summed E-state index contributed by atoms with van der Waals surface area (Å²) >= 11 is 0. The van der Waals surface area contributed by atoms with Gasteiger partial charge < -0.3 is 10.6 Å². The number of hydrogen-bond donors (Lipinski definition) is 2. The maximum atomic E-state index is 14.0. The van der Waals surface area contributed by atoms with E-state index >= 15 is 0 Å². The van der Waals surface area contributed by atoms with E-state index in [1.54, 1.807) is 0 Å². The van der Waals surface area contributed by atoms with Crippen LogP contribution in [0.25, 0.3) is 0 Å². The lowest BCUT2D eigenvalue weighted by molar-refractivity contribution is -0.124. The molecule has 2 aromatic carbocycles. The summed E-state index contributed by atoms with van der Waals surface area (Å²) in [5.41, 5.74) is 3.29. The molecular formula is C31H41N5O3. The molecule has 0 unspecified atom stereocenters. The molecule has 39 heavy (non-hydrogen) atoms. The Balaban J connectivity index is 1.65. The highest BCUT2D eigenvalue weighted by Gasteiger charge is 2.36. The number of nitrogens with zero attached hydrogens (tertiary/aromatic N) is 3. The van der Waals surface area contributed by atoms with Crippen molar-refractivity contribution in [1.29, 1.82) is 0 Å². The molecule has 0 atom stereocenters. The molecule has 8 nitrogen and oxygen atoms in total. The van der Waals surface area contributed by atoms with Gasteiger partial charge in [0.1, 0.15) is 6.54 Å². The third-order valence-corrected chi connectivity index (χ3v) is 7.30. The Hall–Kier alpha value is -3.68. The van der Waals surface area contributed by atoms with E-state index in [0.29, 0.717) is 11.4 Å². The fraction of sp³-hybridized carbons (Fsp3) is 0.484. The SMILES string of the molecule is CCCNc1cccc(NC(=O)CN2N=C(C3CCCCC3)c3ccccc3N(CC(=O)C(C)(C)C)C2=O)c1. The number of ketones is 1. The average molecular weight is 532 g/mol. The third kappa shape index (κ3) is 7.05. The Bertz CT molecular complexity index is 1230. The number of Topliss-reactive ketones (excluding diaryl/α,β-unsaturated/α-hetero) is 1. The highest BCUT2D eigenvalue weighted by atomic mass is 16.2. The minimum atomic E-state index is -0.617. The van der Waals surface area contributed by atoms with Crippen LogP contribution in [0.2, 0.25) is 0 Å². The number of hydrogen-bond acceptors (Lipinski definition) is 5. The van der Waals surface area contributed by atoms with Crippen LogP contribution >= 0.6 is 0 Å². The van der Waals surface area contributed by atoms with E-state index in [9.17, 15) is 14.4 Å². The van der Waals surface area contributed by atoms with E-state index in [1.807, 2.05) is 69.3 Å². The molecule has 1 saturated carbocycles. The fourth-order valence-electron chi connectivity index (χ4n) is 5.02. The highest BCUT2D eigenvalue weighted by Crippen LogP contribution is 2.34. The molecule has 0 aromatic heterocycles. The zero-order chi connectivity index (χ0) is 28.0. The van der Waals surface area contributed by atoms with Gasteiger partial charge in [-0.25, -0.2) is 9.80 Å². The van der Waals surface area contributed by atoms with E-state index in [1.165, 1.54) is 16.3 Å². The van der Waals surface area contributed by atoms with Crippen LogP contribution in [0.15, 0.2) is 53.6 Å². The number of benzene rings is 2. The van der Waals surface area contributed by atoms with E-state index in [0.717, 1.165) is 55.6 Å². The standard InChI is InChI=1S/C31H41N5O3/c1-5-18-32-23-14-11-15-24(19-23)33-28(38)21-36-30(39)35(20-27(37)31(2,3)4)26-17-10-9-16-25(26)29(34-36)22-12-7-6-8-13-22/h9-11,14-17,19,22,32H,5-8,12-13,18,20-21H2,1-4H3,(H,33,38). The molecule has 1 heterocycles. The van der Waals surface area contributed by atoms with Crippen molar-refractivity contribution in [3.8, 4) is 0 Å². The maximum absolute atomic E-state index is 14.0. The summed E-state index contributed by atoms with van der Waals surface area (Å²) in [4.78, 5) is 41.8. The van der Waals surface area contributed by atoms with Crippen molar-refractivity contribution in [1.82, 2.24) is 5.01 Å². The molecule has 0 spiro atoms. The van der Waals surface area contributed by atoms with Crippen molar-refractivity contribution in [2.24, 2.45) is 16.4 Å². The molecule has 0 saturated heterocycles. The van der Waals surface area contributed by atoms with Crippen LogP contribution in [-0.2, 0) is 9.59 Å². The Morgan fingerprint density at radius 3 is 2.41 bits per heavy atom. The molecule has 2 aliphatic rings. The zero-order valence-corrected chi connectivity index (χ0v) is 23.6. The summed E-state index contributed by atoms with van der Waals surface area (Å²) in [5, 5.41) is 12.3. The molecule has 3 amide bonds. The number of nitrogens with one attached hydrogen (secondary N) is 2. The number of carbonyl (C=O) groups excluding carboxylic acids is 3. The lowest BCUT2D eigenvalue weighted by Gasteiger charge is -2.28. The topological polar surface area (TPSA) is 94.1 Å². The summed E-state index contributed by atoms with van der Waals surface area (Å²) in [7, 11) is 0. The minimum Gasteiger partial charge on any atom is -0.385 e. The fourth-order valence-corrected chi connectivity index (χ4v) is 5.02. The van der Waals surface area contributed by atoms with Crippen LogP contribution in [0.1, 0.15) is 71.8 Å². The van der Waals surface area contributed by atoms with Crippen LogP contribution in [0.3, 0.4) is 0 Å². The lowest BCUT2D eigenvalue weighted by Crippen LogP contribution is -2.47. The van der Waals surface area contributed by atoms with E-state index in [-0.39, 0.29) is 30.7 Å². The molecule has 0 bridgehead atoms. The first-order valence-electron chi connectivity index (χ1n) is 14.1. The third-order valence-electron chi connectivity index (χ3n) is 7.30. The number of para-hydroxylation sites is 1. The van der Waals surface area contributed by atoms with E-state index in [4.69, 9.17) is 5.10 Å². The van der Waals surface area contributed by atoms with Gasteiger partial charge in [-0.15, -0.1) is 0 Å². The number of amides is 3. The molecular weight excluding hydrogens is 490 g/mol. The molecule has 1 fully saturated rings. The Kier molecular flexibility index (Phi) is 9.04. The Labute approximate surface area is 231 Å². The van der Waals surface area contributed by atoms with Crippen LogP contribution in [0.5, 0.6) is 0 Å². The van der Waals surface area contributed by atoms with Gasteiger partial charge in [0.15, 0.2) is 5.78 Å². The smallest absolute Gasteiger partial charge is 0.345 e. The quantitative estimate of drug-likeness (QED) is 0.398. The van der Waals surface area contributed by atoms with Gasteiger partial charge in [-0.05, 0) is 43.5 Å². The van der Waals surface area contributed by atoms with Gasteiger partial charge in [-0.2, -0.15) is 5.10 Å². The van der Waals surface area contributed by atoms with Crippen molar-refractivity contribution >= 4 is 40.5 Å². The second-order valence-electron chi connectivity index (χ2n) is 11.5. The zero-order valence-electron chi connectivity index (χ0n) is 23.6. The summed E-state index contributed by atoms with van der Waals surface area (Å²) < 4.78 is 0. The molecule has 4 rings (SSSR count). The van der Waals surface area contributed by atoms with Gasteiger partial charge in [0, 0.05) is 34.8 Å². The average Bonchev–Trinajstić information content (AvgIpc) is 3.02. The number of hydrazone groups is 1. The molecule has 208 valence electrons. The van der Waals surface area contributed by atoms with E-state index < -0.39 is 11.4 Å². The second kappa shape index (κ2) is 12.5. The van der Waals surface area contributed by atoms with Gasteiger partial charge in [-0.3, -0.25) is 14.5 Å². The number of urea groups is 1. The van der Waals surface area contributed by atoms with Crippen molar-refractivity contribution < 1.29 is 14.4 Å². The maximum Gasteiger partial charge on any atom is 0.345 e. The highest BCUT2D eigenvalue weighted by molar-refractivity contribution is 6.13. The normalized spacial score (nSPS) is 16.3. The van der Waals surface area contributed by atoms with Gasteiger partial charge in [-0.1, -0.05) is 71.2 Å². The number of rotatable bonds is 9. The summed E-state index contributed by atoms with van der Waals surface area (Å²) in [5.74, 6) is -0.221. The largest absolute Gasteiger partial charge is 0.385 e. The van der Waals surface area contributed by atoms with Crippen molar-refractivity contribution in [3.05, 3.63) is 54.1 Å². The molecule has 1 aliphatic carbocycles. The lowest BCUT2D eigenvalue weighted by atomic mass is 9.83. The first-order valence-corrected chi connectivity index (χ1v) is 14.1. The monoisotopic (exact) mass is 531 g/mol. The van der Waals surface area contributed by atoms with E-state index in [2.05, 4.69) is 17.6 Å². The van der Waals surface area contributed by atoms with Crippen molar-refractivity contribution in [3.63, 3.8) is 0 Å². The first kappa shape index (κ1) is 28.3. The molecule has 2 aromatic rings. The Morgan fingerprint density at radius 1 is 0.974 bits per heavy atom. The van der Waals surface area contributed by atoms with Crippen molar-refractivity contribution in [2.75, 3.05) is 35.2 Å². The molecule has 1 aliphatic heterocycles. The second-order valence-corrected chi connectivity index (χ2v) is 11.5. The van der Waals surface area contributed by atoms with Gasteiger partial charge in [0.2, 0.25) is 5.91 Å². The molecule has 8 heteroatoms. The van der Waals surface area contributed by atoms with Crippen LogP contribution < -0.4 is 15.5 Å². The Morgan fingerprint density at radius 2 is 1.69 bits per heavy atom. The van der Waals surface area contributed by atoms with Crippen LogP contribution in [0.4, 0.5) is 21.9 Å². The minimum absolute atomic E-state index is 0.0624. The molecule has 2 N–H and O–H groups in total. The van der Waals surface area contributed by atoms with Gasteiger partial charge in [0.05, 0.1) is 17.9 Å². The van der Waals surface area contributed by atoms with Gasteiger partial charge in [0.25, 0.3) is 0 Å². The number of anilines is 3. The first-order chi connectivity index (χ1) is 18.7. The summed E-state index contributed by atoms with van der Waals surface area (Å²) in [6.45, 7) is 8.14. The van der Waals surface area contributed by atoms with Crippen LogP contribution in [-0.4, -0.2) is 48.1 Å². The number of carbonyl (C=O) groups is 3. The number of fused-ring (bicyclic) bond motifs is 1. The molecule has 0 radical (unpaired) electrons. The van der Waals surface area contributed by atoms with Gasteiger partial charge >= 0.3 is 6.03 Å². The summed E-state index contributed by atoms with van der Waals surface area (Å²) in [6.07, 6.45) is 6.37. The predicted octanol–water partition coefficient (Wildman–Crippen LogP) is 6.29. The predicted molar refractivity (Wildman–Crippen MR) is 157 cm³/mol. The van der Waals surface area contributed by atoms with Crippen molar-refractivity contribution in [2.45, 2.75) is 66.2 Å².